The highest BCUT2D eigenvalue weighted by atomic mass is 14.9. The first-order valence-electron chi connectivity index (χ1n) is 5.49. The molecule has 0 aliphatic rings. The number of rotatable bonds is 3. The molecule has 0 spiro atoms. The Balaban J connectivity index is 0.000000791. The number of benzene rings is 1. The van der Waals surface area contributed by atoms with Crippen molar-refractivity contribution < 1.29 is 0 Å². The van der Waals surface area contributed by atoms with Crippen molar-refractivity contribution in [1.29, 1.82) is 0 Å². The van der Waals surface area contributed by atoms with Gasteiger partial charge in [-0.2, -0.15) is 0 Å². The van der Waals surface area contributed by atoms with Gasteiger partial charge in [0.05, 0.1) is 0 Å². The molecular weight excluding hydrogens is 170 g/mol. The summed E-state index contributed by atoms with van der Waals surface area (Å²) in [5.41, 5.74) is 2.53. The highest BCUT2D eigenvalue weighted by Gasteiger charge is 1.93. The fourth-order valence-electron chi connectivity index (χ4n) is 1.08. The Morgan fingerprint density at radius 3 is 2.36 bits per heavy atom. The van der Waals surface area contributed by atoms with Crippen LogP contribution >= 0.6 is 0 Å². The maximum Gasteiger partial charge on any atom is 0.0342 e. The summed E-state index contributed by atoms with van der Waals surface area (Å²) < 4.78 is 0. The van der Waals surface area contributed by atoms with Gasteiger partial charge >= 0.3 is 0 Å². The quantitative estimate of drug-likeness (QED) is 0.762. The summed E-state index contributed by atoms with van der Waals surface area (Å²) in [6, 6.07) is 8.47. The van der Waals surface area contributed by atoms with Crippen molar-refractivity contribution in [3.63, 3.8) is 0 Å². The normalized spacial score (nSPS) is 9.29. The minimum atomic E-state index is 0.700. The number of nitrogens with one attached hydrogen (secondary N) is 1. The lowest BCUT2D eigenvalue weighted by Crippen LogP contribution is -2.07. The van der Waals surface area contributed by atoms with Crippen LogP contribution in [0.2, 0.25) is 0 Å². The van der Waals surface area contributed by atoms with Gasteiger partial charge in [-0.05, 0) is 30.5 Å². The number of hydrogen-bond donors (Lipinski definition) is 1. The molecule has 0 heterocycles. The minimum absolute atomic E-state index is 0.700. The molecule has 0 amide bonds. The molecule has 1 aromatic carbocycles. The van der Waals surface area contributed by atoms with Crippen LogP contribution in [0.4, 0.5) is 5.69 Å². The van der Waals surface area contributed by atoms with E-state index in [1.807, 2.05) is 13.8 Å². The topological polar surface area (TPSA) is 12.0 Å². The minimum Gasteiger partial charge on any atom is -0.385 e. The summed E-state index contributed by atoms with van der Waals surface area (Å²) in [6.45, 7) is 11.6. The maximum absolute atomic E-state index is 3.38. The zero-order valence-corrected chi connectivity index (χ0v) is 10.1. The molecule has 80 valence electrons. The molecule has 0 saturated carbocycles. The van der Waals surface area contributed by atoms with Gasteiger partial charge in [-0.15, -0.1) is 0 Å². The van der Waals surface area contributed by atoms with Crippen LogP contribution < -0.4 is 5.32 Å². The molecule has 1 nitrogen and oxygen atoms in total. The Bertz CT molecular complexity index is 241. The first-order chi connectivity index (χ1) is 6.68. The van der Waals surface area contributed by atoms with E-state index in [0.29, 0.717) is 5.92 Å². The van der Waals surface area contributed by atoms with Crippen LogP contribution in [0.25, 0.3) is 0 Å². The Morgan fingerprint density at radius 1 is 1.21 bits per heavy atom. The van der Waals surface area contributed by atoms with Crippen LogP contribution in [0.5, 0.6) is 0 Å². The molecule has 0 bridgehead atoms. The van der Waals surface area contributed by atoms with Gasteiger partial charge in [-0.1, -0.05) is 39.8 Å². The van der Waals surface area contributed by atoms with Crippen molar-refractivity contribution in [3.8, 4) is 0 Å². The van der Waals surface area contributed by atoms with Gasteiger partial charge in [-0.3, -0.25) is 0 Å². The largest absolute Gasteiger partial charge is 0.385 e. The Morgan fingerprint density at radius 2 is 1.86 bits per heavy atom. The Hall–Kier alpha value is -0.980. The molecule has 0 aliphatic carbocycles. The smallest absolute Gasteiger partial charge is 0.0342 e. The zero-order chi connectivity index (χ0) is 11.0. The van der Waals surface area contributed by atoms with Crippen LogP contribution in [-0.4, -0.2) is 6.54 Å². The van der Waals surface area contributed by atoms with Crippen LogP contribution in [0.15, 0.2) is 24.3 Å². The number of anilines is 1. The molecule has 0 atom stereocenters. The van der Waals surface area contributed by atoms with Gasteiger partial charge in [0.1, 0.15) is 0 Å². The van der Waals surface area contributed by atoms with E-state index < -0.39 is 0 Å². The van der Waals surface area contributed by atoms with E-state index in [2.05, 4.69) is 50.4 Å². The van der Waals surface area contributed by atoms with Gasteiger partial charge < -0.3 is 5.32 Å². The summed E-state index contributed by atoms with van der Waals surface area (Å²) in [5.74, 6) is 0.700. The summed E-state index contributed by atoms with van der Waals surface area (Å²) in [4.78, 5) is 0. The summed E-state index contributed by atoms with van der Waals surface area (Å²) in [7, 11) is 0. The lowest BCUT2D eigenvalue weighted by Gasteiger charge is -2.08. The van der Waals surface area contributed by atoms with E-state index in [1.165, 1.54) is 11.3 Å². The van der Waals surface area contributed by atoms with Crippen molar-refractivity contribution >= 4 is 5.69 Å². The molecule has 1 aromatic rings. The van der Waals surface area contributed by atoms with E-state index in [0.717, 1.165) is 6.54 Å². The average Bonchev–Trinajstić information content (AvgIpc) is 2.18. The molecule has 0 saturated heterocycles. The lowest BCUT2D eigenvalue weighted by atomic mass is 10.2. The highest BCUT2D eigenvalue weighted by molar-refractivity contribution is 5.45. The second-order valence-corrected chi connectivity index (χ2v) is 3.64. The standard InChI is InChI=1S/C11H17N.C2H6/c1-9(2)8-12-11-6-4-5-10(3)7-11;1-2/h4-7,9,12H,8H2,1-3H3;1-2H3. The van der Waals surface area contributed by atoms with Gasteiger partial charge in [0.2, 0.25) is 0 Å². The third kappa shape index (κ3) is 5.63. The zero-order valence-electron chi connectivity index (χ0n) is 10.1. The van der Waals surface area contributed by atoms with Crippen LogP contribution in [-0.2, 0) is 0 Å². The van der Waals surface area contributed by atoms with Crippen molar-refractivity contribution in [2.24, 2.45) is 5.92 Å². The number of aryl methyl sites for hydroxylation is 1. The first kappa shape index (κ1) is 13.0. The highest BCUT2D eigenvalue weighted by Crippen LogP contribution is 2.09. The van der Waals surface area contributed by atoms with Crippen molar-refractivity contribution in [2.45, 2.75) is 34.6 Å². The predicted molar refractivity (Wildman–Crippen MR) is 65.9 cm³/mol. The predicted octanol–water partition coefficient (Wildman–Crippen LogP) is 4.09. The SMILES string of the molecule is CC.Cc1cccc(NCC(C)C)c1. The molecule has 0 unspecified atom stereocenters. The molecule has 0 aromatic heterocycles. The maximum atomic E-state index is 3.38. The Kier molecular flexibility index (Phi) is 6.91. The number of hydrogen-bond acceptors (Lipinski definition) is 1. The third-order valence-electron chi connectivity index (χ3n) is 1.73. The van der Waals surface area contributed by atoms with Gasteiger partial charge in [0.25, 0.3) is 0 Å². The van der Waals surface area contributed by atoms with Crippen molar-refractivity contribution in [3.05, 3.63) is 29.8 Å². The van der Waals surface area contributed by atoms with Crippen LogP contribution in [0, 0.1) is 12.8 Å². The van der Waals surface area contributed by atoms with Gasteiger partial charge in [0, 0.05) is 12.2 Å². The summed E-state index contributed by atoms with van der Waals surface area (Å²) >= 11 is 0. The third-order valence-corrected chi connectivity index (χ3v) is 1.73. The summed E-state index contributed by atoms with van der Waals surface area (Å²) in [5, 5.41) is 3.38. The van der Waals surface area contributed by atoms with E-state index in [4.69, 9.17) is 0 Å². The lowest BCUT2D eigenvalue weighted by molar-refractivity contribution is 0.689. The van der Waals surface area contributed by atoms with Gasteiger partial charge in [-0.25, -0.2) is 0 Å². The van der Waals surface area contributed by atoms with Crippen molar-refractivity contribution in [1.82, 2.24) is 0 Å². The van der Waals surface area contributed by atoms with Crippen molar-refractivity contribution in [2.75, 3.05) is 11.9 Å². The van der Waals surface area contributed by atoms with E-state index in [1.54, 1.807) is 0 Å². The average molecular weight is 193 g/mol. The van der Waals surface area contributed by atoms with Crippen LogP contribution in [0.3, 0.4) is 0 Å². The van der Waals surface area contributed by atoms with E-state index >= 15 is 0 Å². The molecule has 1 rings (SSSR count). The molecule has 1 N–H and O–H groups in total. The van der Waals surface area contributed by atoms with Crippen LogP contribution in [0.1, 0.15) is 33.3 Å². The Labute approximate surface area is 88.5 Å². The first-order valence-corrected chi connectivity index (χ1v) is 5.49. The molecule has 14 heavy (non-hydrogen) atoms. The molecule has 0 radical (unpaired) electrons. The monoisotopic (exact) mass is 193 g/mol. The fraction of sp³-hybridized carbons (Fsp3) is 0.538. The molecular formula is C13H23N. The molecule has 0 aliphatic heterocycles. The second kappa shape index (κ2) is 7.43. The van der Waals surface area contributed by atoms with E-state index in [-0.39, 0.29) is 0 Å². The van der Waals surface area contributed by atoms with Gasteiger partial charge in [0.15, 0.2) is 0 Å². The second-order valence-electron chi connectivity index (χ2n) is 3.64. The molecule has 1 heteroatoms. The van der Waals surface area contributed by atoms with E-state index in [9.17, 15) is 0 Å². The fourth-order valence-corrected chi connectivity index (χ4v) is 1.08. The summed E-state index contributed by atoms with van der Waals surface area (Å²) in [6.07, 6.45) is 0. The molecule has 0 fully saturated rings.